The van der Waals surface area contributed by atoms with Crippen LogP contribution in [0.2, 0.25) is 0 Å². The highest BCUT2D eigenvalue weighted by Gasteiger charge is 2.15. The van der Waals surface area contributed by atoms with E-state index >= 15 is 0 Å². The van der Waals surface area contributed by atoms with Gasteiger partial charge in [-0.2, -0.15) is 0 Å². The number of amides is 2. The molecule has 0 fully saturated rings. The van der Waals surface area contributed by atoms with Crippen LogP contribution in [0.3, 0.4) is 0 Å². The normalized spacial score (nSPS) is 13.7. The van der Waals surface area contributed by atoms with Crippen molar-refractivity contribution in [2.75, 3.05) is 12.1 Å². The lowest BCUT2D eigenvalue weighted by Crippen LogP contribution is -2.37. The predicted molar refractivity (Wildman–Crippen MR) is 66.4 cm³/mol. The molecule has 1 atom stereocenters. The fourth-order valence-electron chi connectivity index (χ4n) is 1.68. The van der Waals surface area contributed by atoms with Gasteiger partial charge in [0.25, 0.3) is 0 Å². The van der Waals surface area contributed by atoms with Crippen LogP contribution >= 0.6 is 0 Å². The number of ether oxygens (including phenoxy) is 2. The third kappa shape index (κ3) is 3.51. The zero-order valence-corrected chi connectivity index (χ0v) is 10.3. The van der Waals surface area contributed by atoms with Crippen molar-refractivity contribution in [3.63, 3.8) is 0 Å². The zero-order valence-electron chi connectivity index (χ0n) is 10.3. The average molecular weight is 266 g/mol. The van der Waals surface area contributed by atoms with Crippen molar-refractivity contribution in [3.8, 4) is 11.5 Å². The fraction of sp³-hybridized carbons (Fsp3) is 0.333. The molecule has 3 N–H and O–H groups in total. The highest BCUT2D eigenvalue weighted by atomic mass is 16.7. The molecule has 2 rings (SSSR count). The van der Waals surface area contributed by atoms with Gasteiger partial charge in [0.2, 0.25) is 6.79 Å². The first-order valence-electron chi connectivity index (χ1n) is 5.73. The number of urea groups is 1. The van der Waals surface area contributed by atoms with Crippen LogP contribution in [0.15, 0.2) is 18.2 Å². The van der Waals surface area contributed by atoms with Crippen LogP contribution in [-0.4, -0.2) is 29.9 Å². The summed E-state index contributed by atoms with van der Waals surface area (Å²) in [5.74, 6) is 0.234. The SMILES string of the molecule is CC(CC(=O)O)NC(=O)Nc1ccc2c(c1)OCO2. The molecule has 1 aromatic carbocycles. The van der Waals surface area contributed by atoms with Crippen molar-refractivity contribution < 1.29 is 24.2 Å². The van der Waals surface area contributed by atoms with Crippen molar-refractivity contribution in [2.24, 2.45) is 0 Å². The summed E-state index contributed by atoms with van der Waals surface area (Å²) in [7, 11) is 0. The number of fused-ring (bicyclic) bond motifs is 1. The van der Waals surface area contributed by atoms with Gasteiger partial charge in [0.1, 0.15) is 0 Å². The Morgan fingerprint density at radius 1 is 1.37 bits per heavy atom. The van der Waals surface area contributed by atoms with E-state index in [0.29, 0.717) is 17.2 Å². The van der Waals surface area contributed by atoms with Gasteiger partial charge in [0.05, 0.1) is 6.42 Å². The standard InChI is InChI=1S/C12H14N2O5/c1-7(4-11(15)16)13-12(17)14-8-2-3-9-10(5-8)19-6-18-9/h2-3,5,7H,4,6H2,1H3,(H,15,16)(H2,13,14,17). The van der Waals surface area contributed by atoms with Gasteiger partial charge in [-0.1, -0.05) is 0 Å². The number of hydrogen-bond acceptors (Lipinski definition) is 4. The predicted octanol–water partition coefficient (Wildman–Crippen LogP) is 1.40. The van der Waals surface area contributed by atoms with Crippen LogP contribution in [0.25, 0.3) is 0 Å². The van der Waals surface area contributed by atoms with E-state index in [1.807, 2.05) is 0 Å². The van der Waals surface area contributed by atoms with Crippen molar-refractivity contribution >= 4 is 17.7 Å². The maximum absolute atomic E-state index is 11.6. The van der Waals surface area contributed by atoms with Crippen LogP contribution in [-0.2, 0) is 4.79 Å². The summed E-state index contributed by atoms with van der Waals surface area (Å²) in [6.45, 7) is 1.79. The number of aliphatic carboxylic acids is 1. The molecule has 1 aromatic rings. The van der Waals surface area contributed by atoms with Crippen molar-refractivity contribution in [1.82, 2.24) is 5.32 Å². The first-order chi connectivity index (χ1) is 9.04. The number of nitrogens with one attached hydrogen (secondary N) is 2. The maximum atomic E-state index is 11.6. The number of carbonyl (C=O) groups is 2. The third-order valence-corrected chi connectivity index (χ3v) is 2.49. The maximum Gasteiger partial charge on any atom is 0.319 e. The molecule has 1 unspecified atom stereocenters. The largest absolute Gasteiger partial charge is 0.481 e. The molecule has 7 nitrogen and oxygen atoms in total. The third-order valence-electron chi connectivity index (χ3n) is 2.49. The number of hydrogen-bond donors (Lipinski definition) is 3. The van der Waals surface area contributed by atoms with Gasteiger partial charge in [-0.15, -0.1) is 0 Å². The van der Waals surface area contributed by atoms with E-state index in [-0.39, 0.29) is 13.2 Å². The molecule has 1 aliphatic heterocycles. The summed E-state index contributed by atoms with van der Waals surface area (Å²) in [6.07, 6.45) is -0.130. The summed E-state index contributed by atoms with van der Waals surface area (Å²) >= 11 is 0. The minimum absolute atomic E-state index is 0.130. The average Bonchev–Trinajstić information content (AvgIpc) is 2.74. The summed E-state index contributed by atoms with van der Waals surface area (Å²) in [5, 5.41) is 13.7. The smallest absolute Gasteiger partial charge is 0.319 e. The minimum Gasteiger partial charge on any atom is -0.481 e. The Morgan fingerprint density at radius 3 is 2.84 bits per heavy atom. The number of benzene rings is 1. The van der Waals surface area contributed by atoms with Crippen molar-refractivity contribution in [1.29, 1.82) is 0 Å². The molecule has 2 amide bonds. The highest BCUT2D eigenvalue weighted by Crippen LogP contribution is 2.34. The second-order valence-electron chi connectivity index (χ2n) is 4.17. The molecule has 102 valence electrons. The van der Waals surface area contributed by atoms with E-state index in [9.17, 15) is 9.59 Å². The highest BCUT2D eigenvalue weighted by molar-refractivity contribution is 5.90. The van der Waals surface area contributed by atoms with Crippen LogP contribution in [0.5, 0.6) is 11.5 Å². The second-order valence-corrected chi connectivity index (χ2v) is 4.17. The number of rotatable bonds is 4. The van der Waals surface area contributed by atoms with Crippen molar-refractivity contribution in [2.45, 2.75) is 19.4 Å². The van der Waals surface area contributed by atoms with Crippen LogP contribution < -0.4 is 20.1 Å². The van der Waals surface area contributed by atoms with Crippen LogP contribution in [0.1, 0.15) is 13.3 Å². The number of anilines is 1. The summed E-state index contributed by atoms with van der Waals surface area (Å²) in [6, 6.07) is 4.09. The van der Waals surface area contributed by atoms with E-state index in [4.69, 9.17) is 14.6 Å². The molecule has 0 radical (unpaired) electrons. The molecule has 0 saturated carbocycles. The summed E-state index contributed by atoms with van der Waals surface area (Å²) in [4.78, 5) is 22.1. The molecular formula is C12H14N2O5. The van der Waals surface area contributed by atoms with E-state index in [0.717, 1.165) is 0 Å². The number of carboxylic acid groups (broad SMARTS) is 1. The lowest BCUT2D eigenvalue weighted by atomic mass is 10.2. The van der Waals surface area contributed by atoms with Gasteiger partial charge in [0, 0.05) is 17.8 Å². The quantitative estimate of drug-likeness (QED) is 0.765. The van der Waals surface area contributed by atoms with Gasteiger partial charge in [-0.3, -0.25) is 4.79 Å². The molecule has 19 heavy (non-hydrogen) atoms. The van der Waals surface area contributed by atoms with Gasteiger partial charge in [-0.25, -0.2) is 4.79 Å². The Labute approximate surface area is 109 Å². The molecular weight excluding hydrogens is 252 g/mol. The van der Waals surface area contributed by atoms with Crippen LogP contribution in [0, 0.1) is 0 Å². The number of carbonyl (C=O) groups excluding carboxylic acids is 1. The van der Waals surface area contributed by atoms with Gasteiger partial charge >= 0.3 is 12.0 Å². The molecule has 1 heterocycles. The Kier molecular flexibility index (Phi) is 3.74. The zero-order chi connectivity index (χ0) is 13.8. The summed E-state index contributed by atoms with van der Waals surface area (Å²) in [5.41, 5.74) is 0.546. The molecule has 0 bridgehead atoms. The first kappa shape index (κ1) is 13.0. The van der Waals surface area contributed by atoms with Crippen LogP contribution in [0.4, 0.5) is 10.5 Å². The minimum atomic E-state index is -0.962. The Balaban J connectivity index is 1.90. The Bertz CT molecular complexity index is 503. The summed E-state index contributed by atoms with van der Waals surface area (Å²) < 4.78 is 10.3. The topological polar surface area (TPSA) is 96.9 Å². The fourth-order valence-corrected chi connectivity index (χ4v) is 1.68. The molecule has 0 aromatic heterocycles. The van der Waals surface area contributed by atoms with E-state index in [2.05, 4.69) is 10.6 Å². The van der Waals surface area contributed by atoms with E-state index in [1.165, 1.54) is 0 Å². The molecule has 7 heteroatoms. The molecule has 1 aliphatic rings. The Hall–Kier alpha value is -2.44. The lowest BCUT2D eigenvalue weighted by molar-refractivity contribution is -0.137. The molecule has 0 aliphatic carbocycles. The van der Waals surface area contributed by atoms with E-state index in [1.54, 1.807) is 25.1 Å². The monoisotopic (exact) mass is 266 g/mol. The van der Waals surface area contributed by atoms with Gasteiger partial charge in [-0.05, 0) is 19.1 Å². The lowest BCUT2D eigenvalue weighted by Gasteiger charge is -2.12. The Morgan fingerprint density at radius 2 is 2.11 bits per heavy atom. The van der Waals surface area contributed by atoms with E-state index < -0.39 is 18.0 Å². The molecule has 0 saturated heterocycles. The van der Waals surface area contributed by atoms with Gasteiger partial charge in [0.15, 0.2) is 11.5 Å². The van der Waals surface area contributed by atoms with Gasteiger partial charge < -0.3 is 25.2 Å². The second kappa shape index (κ2) is 5.47. The van der Waals surface area contributed by atoms with Crippen molar-refractivity contribution in [3.05, 3.63) is 18.2 Å². The first-order valence-corrected chi connectivity index (χ1v) is 5.73. The molecule has 0 spiro atoms. The number of carboxylic acids is 1.